The predicted molar refractivity (Wildman–Crippen MR) is 483 cm³/mol. The Hall–Kier alpha value is -14.2. The number of benzene rings is 7. The van der Waals surface area contributed by atoms with Gasteiger partial charge in [0, 0.05) is 133 Å². The lowest BCUT2D eigenvalue weighted by Crippen LogP contribution is -2.16. The summed E-state index contributed by atoms with van der Waals surface area (Å²) in [5.41, 5.74) is 46.3. The maximum Gasteiger partial charge on any atom is 0.150 e. The van der Waals surface area contributed by atoms with Crippen LogP contribution in [0.1, 0.15) is 114 Å². The van der Waals surface area contributed by atoms with Crippen LogP contribution in [0, 0.1) is 0 Å². The largest absolute Gasteiger partial charge is 0.382 e. The highest BCUT2D eigenvalue weighted by Crippen LogP contribution is 2.44. The van der Waals surface area contributed by atoms with E-state index >= 15 is 0 Å². The summed E-state index contributed by atoms with van der Waals surface area (Å²) < 4.78 is 8.30. The maximum absolute atomic E-state index is 6.75. The van der Waals surface area contributed by atoms with Gasteiger partial charge in [0.1, 0.15) is 91.4 Å². The normalized spacial score (nSPS) is 13.1. The molecular formula is C97H83ClN20S. The van der Waals surface area contributed by atoms with Crippen molar-refractivity contribution in [3.8, 4) is 89.4 Å². The number of nitrogens with zero attached hydrogens (tertiary/aromatic N) is 16. The van der Waals surface area contributed by atoms with Crippen LogP contribution >= 0.6 is 22.9 Å². The van der Waals surface area contributed by atoms with E-state index in [4.69, 9.17) is 74.4 Å². The highest BCUT2D eigenvalue weighted by atomic mass is 35.5. The molecule has 0 atom stereocenters. The van der Waals surface area contributed by atoms with Crippen molar-refractivity contribution in [2.45, 2.75) is 96.3 Å². The molecule has 22 rings (SSSR count). The van der Waals surface area contributed by atoms with Crippen LogP contribution in [0.2, 0.25) is 5.02 Å². The van der Waals surface area contributed by atoms with Crippen molar-refractivity contribution in [3.05, 3.63) is 302 Å². The van der Waals surface area contributed by atoms with Crippen molar-refractivity contribution in [3.63, 3.8) is 0 Å². The summed E-state index contributed by atoms with van der Waals surface area (Å²) in [6.45, 7) is 10.7. The summed E-state index contributed by atoms with van der Waals surface area (Å²) in [7, 11) is 0. The Morgan fingerprint density at radius 2 is 0.748 bits per heavy atom. The molecule has 13 heterocycles. The third kappa shape index (κ3) is 14.4. The Morgan fingerprint density at radius 1 is 0.370 bits per heavy atom. The van der Waals surface area contributed by atoms with Crippen LogP contribution in [0.3, 0.4) is 0 Å². The van der Waals surface area contributed by atoms with E-state index in [0.717, 1.165) is 186 Å². The van der Waals surface area contributed by atoms with Crippen LogP contribution in [0.5, 0.6) is 0 Å². The molecule has 0 spiro atoms. The van der Waals surface area contributed by atoms with E-state index in [1.165, 1.54) is 30.6 Å². The molecule has 584 valence electrons. The zero-order chi connectivity index (χ0) is 81.2. The first-order valence-corrected chi connectivity index (χ1v) is 41.3. The van der Waals surface area contributed by atoms with E-state index in [-0.39, 0.29) is 11.3 Å². The second-order valence-electron chi connectivity index (χ2n) is 31.6. The van der Waals surface area contributed by atoms with Gasteiger partial charge >= 0.3 is 0 Å². The lowest BCUT2D eigenvalue weighted by Gasteiger charge is -2.23. The molecule has 0 bridgehead atoms. The number of hydrogen-bond donors (Lipinski definition) is 4. The topological polar surface area (TPSA) is 276 Å². The molecule has 119 heavy (non-hydrogen) atoms. The molecular weight excluding hydrogens is 1510 g/mol. The summed E-state index contributed by atoms with van der Waals surface area (Å²) in [5.74, 6) is 7.19. The number of nitrogen functional groups attached to an aromatic ring is 4. The molecule has 2 saturated carbocycles. The number of fused-ring (bicyclic) bond motifs is 8. The van der Waals surface area contributed by atoms with E-state index in [9.17, 15) is 0 Å². The van der Waals surface area contributed by atoms with Gasteiger partial charge in [-0.3, -0.25) is 17.6 Å². The molecule has 2 aliphatic carbocycles. The predicted octanol–water partition coefficient (Wildman–Crippen LogP) is 22.4. The third-order valence-corrected chi connectivity index (χ3v) is 23.7. The lowest BCUT2D eigenvalue weighted by molar-refractivity contribution is 0.400. The van der Waals surface area contributed by atoms with E-state index in [1.807, 2.05) is 102 Å². The number of hydrogen-bond acceptors (Lipinski definition) is 17. The summed E-state index contributed by atoms with van der Waals surface area (Å²) in [5, 5.41) is 6.98. The van der Waals surface area contributed by atoms with Crippen LogP contribution in [-0.4, -0.2) is 77.4 Å². The van der Waals surface area contributed by atoms with E-state index in [1.54, 1.807) is 36.1 Å². The molecule has 13 aromatic heterocycles. The van der Waals surface area contributed by atoms with Crippen molar-refractivity contribution in [1.29, 1.82) is 0 Å². The molecule has 20 aromatic rings. The van der Waals surface area contributed by atoms with Crippen LogP contribution < -0.4 is 22.9 Å². The van der Waals surface area contributed by atoms with Gasteiger partial charge in [-0.25, -0.2) is 59.8 Å². The van der Waals surface area contributed by atoms with Crippen molar-refractivity contribution in [1.82, 2.24) is 77.4 Å². The smallest absolute Gasteiger partial charge is 0.150 e. The highest BCUT2D eigenvalue weighted by Gasteiger charge is 2.31. The van der Waals surface area contributed by atoms with Gasteiger partial charge in [-0.1, -0.05) is 217 Å². The molecule has 8 N–H and O–H groups in total. The van der Waals surface area contributed by atoms with Crippen LogP contribution in [0.15, 0.2) is 273 Å². The van der Waals surface area contributed by atoms with Gasteiger partial charge in [-0.05, 0) is 91.7 Å². The Labute approximate surface area is 695 Å². The van der Waals surface area contributed by atoms with Gasteiger partial charge in [0.05, 0.1) is 54.7 Å². The molecule has 2 aliphatic rings. The Kier molecular flexibility index (Phi) is 19.6. The Balaban J connectivity index is 0.000000105. The van der Waals surface area contributed by atoms with Crippen molar-refractivity contribution < 1.29 is 0 Å². The SMILES string of the molecule is CC(C)(C)c1nc(-c2ccc3ccc(-c4ccccc4)nc3c2)c2c(N)nccn12.CC(C)c1nc(-c2ccc3ccc(-c4ccccc4)nc3c2)c2c(N)nccn12.Nc1nccn2c(C3CCC3)nc(-c3cc4nc(-c5ccccc5)ccc4cc3Cl)c12.Nc1nccn2c(C3CCC3)nc(-c3ccc4ccc(-c5cccs5)nc4c3)c12. The van der Waals surface area contributed by atoms with E-state index in [0.29, 0.717) is 40.1 Å². The fourth-order valence-electron chi connectivity index (χ4n) is 16.0. The number of pyridine rings is 4. The molecule has 0 aliphatic heterocycles. The number of anilines is 4. The first kappa shape index (κ1) is 74.9. The summed E-state index contributed by atoms with van der Waals surface area (Å²) in [6.07, 6.45) is 21.8. The third-order valence-electron chi connectivity index (χ3n) is 22.5. The standard InChI is InChI=1S/C25H20ClN5.C25H23N5.C24H21N5.C23H19N5S/c26-19-13-17-9-10-20(15-5-2-1-3-6-15)29-21(17)14-18(19)22-23-24(27)28-11-12-31(23)25(30-22)16-7-4-8-16;1-25(2,3)24-29-21(22-23(26)27-13-14-30(22)24)18-10-9-17-11-12-19(28-20(17)15-18)16-7-5-4-6-8-16;1-15(2)24-28-21(22-23(25)26-12-13-29(22)24)18-9-8-17-10-11-19(27-20(17)14-18)16-6-4-3-5-7-16;24-22-21-20(27-23(15-3-1-4-15)28(21)11-10-25-22)16-7-6-14-8-9-17(26-18(14)13-16)19-5-2-12-29-19/h1-3,5-6,9-14,16H,4,7-8H2,(H2,27,28);4-15H,1-3H3,(H2,26,27);3-15H,1-2H3,(H2,25,26);2,5-13,15H,1,3-4H2,(H2,24,25). The summed E-state index contributed by atoms with van der Waals surface area (Å²) in [6, 6.07) is 74.1. The maximum atomic E-state index is 6.75. The van der Waals surface area contributed by atoms with E-state index in [2.05, 4.69) is 219 Å². The fraction of sp³-hybridized carbons (Fsp3) is 0.155. The summed E-state index contributed by atoms with van der Waals surface area (Å²) in [4.78, 5) is 58.0. The molecule has 7 aromatic carbocycles. The minimum Gasteiger partial charge on any atom is -0.382 e. The summed E-state index contributed by atoms with van der Waals surface area (Å²) >= 11 is 8.45. The van der Waals surface area contributed by atoms with Crippen molar-refractivity contribution in [2.75, 3.05) is 22.9 Å². The molecule has 0 amide bonds. The molecule has 0 saturated heterocycles. The van der Waals surface area contributed by atoms with Crippen LogP contribution in [0.25, 0.3) is 155 Å². The number of thiophene rings is 1. The average molecular weight is 1600 g/mol. The number of rotatable bonds is 11. The zero-order valence-corrected chi connectivity index (χ0v) is 67.8. The number of aromatic nitrogens is 16. The second kappa shape index (κ2) is 31.1. The molecule has 0 unspecified atom stereocenters. The minimum atomic E-state index is -0.134. The number of halogens is 1. The fourth-order valence-corrected chi connectivity index (χ4v) is 16.9. The van der Waals surface area contributed by atoms with E-state index < -0.39 is 0 Å². The van der Waals surface area contributed by atoms with Crippen LogP contribution in [-0.2, 0) is 5.41 Å². The van der Waals surface area contributed by atoms with Crippen molar-refractivity contribution in [2.24, 2.45) is 0 Å². The lowest BCUT2D eigenvalue weighted by atomic mass is 9.85. The molecule has 2 fully saturated rings. The number of imidazole rings is 4. The molecule has 0 radical (unpaired) electrons. The van der Waals surface area contributed by atoms with Crippen molar-refractivity contribution >= 4 is 112 Å². The Bertz CT molecular complexity index is 7230. The molecule has 22 heteroatoms. The van der Waals surface area contributed by atoms with Crippen LogP contribution in [0.4, 0.5) is 23.3 Å². The van der Waals surface area contributed by atoms with Gasteiger partial charge in [0.2, 0.25) is 0 Å². The second-order valence-corrected chi connectivity index (χ2v) is 33.0. The van der Waals surface area contributed by atoms with Gasteiger partial charge in [0.25, 0.3) is 0 Å². The van der Waals surface area contributed by atoms with Gasteiger partial charge in [-0.2, -0.15) is 0 Å². The zero-order valence-electron chi connectivity index (χ0n) is 66.2. The Morgan fingerprint density at radius 3 is 1.18 bits per heavy atom. The number of nitrogens with two attached hydrogens (primary N) is 4. The minimum absolute atomic E-state index is 0.134. The quantitative estimate of drug-likeness (QED) is 0.0937. The first-order valence-electron chi connectivity index (χ1n) is 40.0. The van der Waals surface area contributed by atoms with Gasteiger partial charge < -0.3 is 22.9 Å². The highest BCUT2D eigenvalue weighted by molar-refractivity contribution is 7.13. The molecule has 20 nitrogen and oxygen atoms in total. The van der Waals surface area contributed by atoms with Gasteiger partial charge in [0.15, 0.2) is 0 Å². The van der Waals surface area contributed by atoms with Gasteiger partial charge in [-0.15, -0.1) is 11.3 Å². The first-order chi connectivity index (χ1) is 58.0. The average Bonchev–Trinajstić information content (AvgIpc) is 1.54. The monoisotopic (exact) mass is 1590 g/mol.